The summed E-state index contributed by atoms with van der Waals surface area (Å²) in [6.45, 7) is 3.08. The van der Waals surface area contributed by atoms with E-state index in [9.17, 15) is 4.79 Å². The van der Waals surface area contributed by atoms with Crippen molar-refractivity contribution >= 4 is 45.2 Å². The first-order valence-electron chi connectivity index (χ1n) is 6.85. The number of hydrogen-bond donors (Lipinski definition) is 2. The molecule has 2 aromatic rings. The van der Waals surface area contributed by atoms with Crippen LogP contribution in [-0.2, 0) is 0 Å². The van der Waals surface area contributed by atoms with Crippen LogP contribution >= 0.6 is 28.3 Å². The Morgan fingerprint density at radius 1 is 1.43 bits per heavy atom. The van der Waals surface area contributed by atoms with Gasteiger partial charge in [0.2, 0.25) is 0 Å². The molecule has 2 N–H and O–H groups in total. The van der Waals surface area contributed by atoms with Crippen molar-refractivity contribution in [3.8, 4) is 0 Å². The lowest BCUT2D eigenvalue weighted by molar-refractivity contribution is 0.0899. The molecule has 2 heterocycles. The third-order valence-corrected chi connectivity index (χ3v) is 4.15. The average molecular weight is 374 g/mol. The highest BCUT2D eigenvalue weighted by atomic mass is 79.9. The Kier molecular flexibility index (Phi) is 5.30. The molecule has 1 fully saturated rings. The topological polar surface area (TPSA) is 54.3 Å². The van der Waals surface area contributed by atoms with Crippen molar-refractivity contribution in [3.63, 3.8) is 0 Å². The zero-order chi connectivity index (χ0) is 14.1. The van der Waals surface area contributed by atoms with Crippen molar-refractivity contribution in [2.24, 2.45) is 0 Å². The second-order valence-electron chi connectivity index (χ2n) is 5.34. The van der Waals surface area contributed by atoms with E-state index in [1.54, 1.807) is 6.07 Å². The Morgan fingerprint density at radius 2 is 2.24 bits per heavy atom. The van der Waals surface area contributed by atoms with Gasteiger partial charge in [0.1, 0.15) is 5.58 Å². The minimum atomic E-state index is -0.128. The van der Waals surface area contributed by atoms with Gasteiger partial charge in [-0.05, 0) is 50.6 Å². The lowest BCUT2D eigenvalue weighted by atomic mass is 10.0. The standard InChI is InChI=1S/C15H17BrN2O2.ClH/c1-9-6-12(4-5-17-9)18-15(19)14-8-10-7-11(16)2-3-13(10)20-14;/h2-3,7-9,12,17H,4-6H2,1H3,(H,18,19);1H. The maximum Gasteiger partial charge on any atom is 0.287 e. The highest BCUT2D eigenvalue weighted by molar-refractivity contribution is 9.10. The highest BCUT2D eigenvalue weighted by Crippen LogP contribution is 2.23. The van der Waals surface area contributed by atoms with E-state index in [2.05, 4.69) is 33.5 Å². The van der Waals surface area contributed by atoms with Gasteiger partial charge >= 0.3 is 0 Å². The third-order valence-electron chi connectivity index (χ3n) is 3.66. The van der Waals surface area contributed by atoms with Crippen molar-refractivity contribution < 1.29 is 9.21 Å². The summed E-state index contributed by atoms with van der Waals surface area (Å²) in [6.07, 6.45) is 1.92. The van der Waals surface area contributed by atoms with Gasteiger partial charge in [0.25, 0.3) is 5.91 Å². The summed E-state index contributed by atoms with van der Waals surface area (Å²) >= 11 is 3.42. The first kappa shape index (κ1) is 16.3. The molecule has 2 atom stereocenters. The molecule has 1 aliphatic heterocycles. The molecule has 3 rings (SSSR count). The van der Waals surface area contributed by atoms with Gasteiger partial charge in [0.15, 0.2) is 5.76 Å². The van der Waals surface area contributed by atoms with Crippen LogP contribution in [0.1, 0.15) is 30.3 Å². The van der Waals surface area contributed by atoms with Gasteiger partial charge in [-0.15, -0.1) is 12.4 Å². The van der Waals surface area contributed by atoms with E-state index in [0.29, 0.717) is 11.8 Å². The number of amides is 1. The van der Waals surface area contributed by atoms with Crippen molar-refractivity contribution in [2.75, 3.05) is 6.54 Å². The molecular weight excluding hydrogens is 356 g/mol. The second kappa shape index (κ2) is 6.81. The van der Waals surface area contributed by atoms with Crippen molar-refractivity contribution in [3.05, 3.63) is 34.5 Å². The SMILES string of the molecule is CC1CC(NC(=O)c2cc3cc(Br)ccc3o2)CCN1.Cl. The van der Waals surface area contributed by atoms with E-state index < -0.39 is 0 Å². The van der Waals surface area contributed by atoms with E-state index in [-0.39, 0.29) is 24.4 Å². The maximum atomic E-state index is 12.2. The van der Waals surface area contributed by atoms with Crippen LogP contribution in [0.2, 0.25) is 0 Å². The van der Waals surface area contributed by atoms with Crippen LogP contribution in [0.15, 0.2) is 33.2 Å². The molecule has 2 unspecified atom stereocenters. The quantitative estimate of drug-likeness (QED) is 0.847. The fourth-order valence-corrected chi connectivity index (χ4v) is 3.02. The minimum absolute atomic E-state index is 0. The highest BCUT2D eigenvalue weighted by Gasteiger charge is 2.22. The lowest BCUT2D eigenvalue weighted by Gasteiger charge is -2.28. The van der Waals surface area contributed by atoms with Crippen LogP contribution in [0, 0.1) is 0 Å². The molecular formula is C15H18BrClN2O2. The van der Waals surface area contributed by atoms with E-state index in [0.717, 1.165) is 34.8 Å². The van der Waals surface area contributed by atoms with Crippen molar-refractivity contribution in [1.82, 2.24) is 10.6 Å². The number of halogens is 2. The molecule has 6 heteroatoms. The molecule has 0 aliphatic carbocycles. The molecule has 0 bridgehead atoms. The molecule has 114 valence electrons. The van der Waals surface area contributed by atoms with Gasteiger partial charge in [0, 0.05) is 21.9 Å². The number of fused-ring (bicyclic) bond motifs is 1. The predicted molar refractivity (Wildman–Crippen MR) is 89.1 cm³/mol. The summed E-state index contributed by atoms with van der Waals surface area (Å²) in [6, 6.07) is 8.17. The fourth-order valence-electron chi connectivity index (χ4n) is 2.65. The zero-order valence-corrected chi connectivity index (χ0v) is 14.1. The number of rotatable bonds is 2. The average Bonchev–Trinajstić information content (AvgIpc) is 2.81. The molecule has 4 nitrogen and oxygen atoms in total. The van der Waals surface area contributed by atoms with Gasteiger partial charge < -0.3 is 15.1 Å². The number of hydrogen-bond acceptors (Lipinski definition) is 3. The first-order chi connectivity index (χ1) is 9.61. The van der Waals surface area contributed by atoms with Crippen molar-refractivity contribution in [1.29, 1.82) is 0 Å². The number of nitrogens with one attached hydrogen (secondary N) is 2. The van der Waals surface area contributed by atoms with E-state index in [1.165, 1.54) is 0 Å². The van der Waals surface area contributed by atoms with Crippen LogP contribution < -0.4 is 10.6 Å². The van der Waals surface area contributed by atoms with Crippen LogP contribution in [0.5, 0.6) is 0 Å². The van der Waals surface area contributed by atoms with Crippen LogP contribution in [-0.4, -0.2) is 24.5 Å². The Hall–Kier alpha value is -1.04. The molecule has 0 spiro atoms. The van der Waals surface area contributed by atoms with Gasteiger partial charge in [-0.25, -0.2) is 0 Å². The van der Waals surface area contributed by atoms with Gasteiger partial charge in [-0.1, -0.05) is 15.9 Å². The molecule has 1 aliphatic rings. The Morgan fingerprint density at radius 3 is 3.00 bits per heavy atom. The molecule has 1 saturated heterocycles. The summed E-state index contributed by atoms with van der Waals surface area (Å²) in [5, 5.41) is 7.36. The third kappa shape index (κ3) is 3.78. The Labute approximate surface area is 138 Å². The zero-order valence-electron chi connectivity index (χ0n) is 11.7. The summed E-state index contributed by atoms with van der Waals surface area (Å²) in [7, 11) is 0. The molecule has 1 aromatic carbocycles. The van der Waals surface area contributed by atoms with Crippen LogP contribution in [0.25, 0.3) is 11.0 Å². The monoisotopic (exact) mass is 372 g/mol. The molecule has 0 radical (unpaired) electrons. The number of benzene rings is 1. The predicted octanol–water partition coefficient (Wildman–Crippen LogP) is 3.49. The summed E-state index contributed by atoms with van der Waals surface area (Å²) in [5.74, 6) is 0.251. The van der Waals surface area contributed by atoms with Gasteiger partial charge in [0.05, 0.1) is 0 Å². The molecule has 21 heavy (non-hydrogen) atoms. The maximum absolute atomic E-state index is 12.2. The van der Waals surface area contributed by atoms with E-state index >= 15 is 0 Å². The number of piperidine rings is 1. The normalized spacial score (nSPS) is 21.8. The molecule has 0 saturated carbocycles. The fraction of sp³-hybridized carbons (Fsp3) is 0.400. The summed E-state index contributed by atoms with van der Waals surface area (Å²) in [4.78, 5) is 12.2. The number of furan rings is 1. The van der Waals surface area contributed by atoms with Crippen LogP contribution in [0.4, 0.5) is 0 Å². The molecule has 1 aromatic heterocycles. The van der Waals surface area contributed by atoms with Gasteiger partial charge in [-0.2, -0.15) is 0 Å². The van der Waals surface area contributed by atoms with E-state index in [1.807, 2.05) is 18.2 Å². The first-order valence-corrected chi connectivity index (χ1v) is 7.64. The Balaban J connectivity index is 0.00000161. The smallest absolute Gasteiger partial charge is 0.287 e. The van der Waals surface area contributed by atoms with Gasteiger partial charge in [-0.3, -0.25) is 4.79 Å². The number of carbonyl (C=O) groups excluding carboxylic acids is 1. The number of carbonyl (C=O) groups is 1. The summed E-state index contributed by atoms with van der Waals surface area (Å²) < 4.78 is 6.58. The Bertz CT molecular complexity index is 644. The minimum Gasteiger partial charge on any atom is -0.451 e. The van der Waals surface area contributed by atoms with Crippen LogP contribution in [0.3, 0.4) is 0 Å². The van der Waals surface area contributed by atoms with E-state index in [4.69, 9.17) is 4.42 Å². The molecule has 1 amide bonds. The second-order valence-corrected chi connectivity index (χ2v) is 6.26. The summed E-state index contributed by atoms with van der Waals surface area (Å²) in [5.41, 5.74) is 0.733. The largest absolute Gasteiger partial charge is 0.451 e. The lowest BCUT2D eigenvalue weighted by Crippen LogP contribution is -2.46. The van der Waals surface area contributed by atoms with Crippen molar-refractivity contribution in [2.45, 2.75) is 31.8 Å².